The lowest BCUT2D eigenvalue weighted by Crippen LogP contribution is -2.42. The van der Waals surface area contributed by atoms with Gasteiger partial charge in [0.25, 0.3) is 5.91 Å². The normalized spacial score (nSPS) is 15.2. The molecule has 9 heteroatoms. The second kappa shape index (κ2) is 16.5. The predicted molar refractivity (Wildman–Crippen MR) is 159 cm³/mol. The molecule has 0 fully saturated rings. The number of benzene rings is 1. The van der Waals surface area contributed by atoms with Crippen molar-refractivity contribution in [3.8, 4) is 0 Å². The van der Waals surface area contributed by atoms with E-state index < -0.39 is 11.9 Å². The molecule has 0 bridgehead atoms. The van der Waals surface area contributed by atoms with Crippen LogP contribution in [-0.2, 0) is 20.7 Å². The highest BCUT2D eigenvalue weighted by atomic mass is 32.1. The molecular weight excluding hydrogens is 526 g/mol. The molecule has 5 atom stereocenters. The van der Waals surface area contributed by atoms with Crippen molar-refractivity contribution >= 4 is 29.1 Å². The Morgan fingerprint density at radius 3 is 2.33 bits per heavy atom. The molecule has 0 aliphatic heterocycles. The first-order chi connectivity index (χ1) is 19.0. The number of thiazole rings is 1. The van der Waals surface area contributed by atoms with Crippen LogP contribution in [-0.4, -0.2) is 58.5 Å². The summed E-state index contributed by atoms with van der Waals surface area (Å²) in [7, 11) is 1.87. The number of carboxylic acid groups (broad SMARTS) is 1. The molecule has 222 valence electrons. The lowest BCUT2D eigenvalue weighted by molar-refractivity contribution is -0.141. The van der Waals surface area contributed by atoms with E-state index in [9.17, 15) is 19.5 Å². The Labute approximate surface area is 243 Å². The predicted octanol–water partition coefficient (Wildman–Crippen LogP) is 5.98. The first kappa shape index (κ1) is 33.4. The molecule has 1 aromatic heterocycles. The molecule has 2 aromatic rings. The highest BCUT2D eigenvalue weighted by Crippen LogP contribution is 2.30. The molecule has 0 saturated carbocycles. The van der Waals surface area contributed by atoms with Gasteiger partial charge in [0.05, 0.1) is 5.92 Å². The SMILES string of the molecule is CCOC(CC(C(C)C)N(C)C(=O)C[C@@H](C)CC)c1nc(C(=O)N[C@@H](Cc2ccccc2)CC(C)C(=O)O)cs1. The largest absolute Gasteiger partial charge is 0.481 e. The zero-order valence-electron chi connectivity index (χ0n) is 25.1. The fourth-order valence-electron chi connectivity index (χ4n) is 4.73. The average Bonchev–Trinajstić information content (AvgIpc) is 3.41. The standard InChI is InChI=1S/C31H47N3O5S/c1-8-21(5)15-28(35)34(7)26(20(3)4)18-27(39-9-2)30-33-25(19-40-30)29(36)32-24(16-22(6)31(37)38)17-23-13-11-10-12-14-23/h10-14,19-22,24,26-27H,8-9,15-18H2,1-7H3,(H,32,36)(H,37,38)/t21-,22?,24+,26?,27?/m0/s1. The van der Waals surface area contributed by atoms with E-state index in [0.717, 1.165) is 12.0 Å². The fourth-order valence-corrected chi connectivity index (χ4v) is 5.59. The second-order valence-electron chi connectivity index (χ2n) is 11.1. The van der Waals surface area contributed by atoms with Crippen LogP contribution >= 0.6 is 11.3 Å². The van der Waals surface area contributed by atoms with Crippen LogP contribution in [0.1, 0.15) is 94.4 Å². The number of aliphatic carboxylic acids is 1. The number of carbonyl (C=O) groups is 3. The first-order valence-corrected chi connectivity index (χ1v) is 15.2. The van der Waals surface area contributed by atoms with E-state index in [1.165, 1.54) is 11.3 Å². The number of nitrogens with zero attached hydrogens (tertiary/aromatic N) is 2. The summed E-state index contributed by atoms with van der Waals surface area (Å²) in [6.07, 6.45) is 2.53. The van der Waals surface area contributed by atoms with Gasteiger partial charge in [0.15, 0.2) is 0 Å². The molecule has 1 heterocycles. The van der Waals surface area contributed by atoms with Crippen LogP contribution in [0.25, 0.3) is 0 Å². The summed E-state index contributed by atoms with van der Waals surface area (Å²) < 4.78 is 6.09. The number of aromatic nitrogens is 1. The van der Waals surface area contributed by atoms with Crippen LogP contribution in [0.2, 0.25) is 0 Å². The third kappa shape index (κ3) is 10.3. The van der Waals surface area contributed by atoms with Crippen LogP contribution in [0.15, 0.2) is 35.7 Å². The molecule has 40 heavy (non-hydrogen) atoms. The zero-order valence-corrected chi connectivity index (χ0v) is 25.9. The van der Waals surface area contributed by atoms with Crippen LogP contribution < -0.4 is 5.32 Å². The Bertz CT molecular complexity index is 1070. The maximum atomic E-state index is 13.2. The Morgan fingerprint density at radius 2 is 1.75 bits per heavy atom. The van der Waals surface area contributed by atoms with E-state index in [2.05, 4.69) is 38.0 Å². The number of ether oxygens (including phenoxy) is 1. The van der Waals surface area contributed by atoms with Crippen molar-refractivity contribution in [1.29, 1.82) is 0 Å². The Balaban J connectivity index is 2.19. The van der Waals surface area contributed by atoms with E-state index in [1.807, 2.05) is 49.2 Å². The molecule has 0 saturated heterocycles. The third-order valence-electron chi connectivity index (χ3n) is 7.45. The van der Waals surface area contributed by atoms with Crippen molar-refractivity contribution in [2.24, 2.45) is 17.8 Å². The summed E-state index contributed by atoms with van der Waals surface area (Å²) in [5, 5.41) is 14.9. The van der Waals surface area contributed by atoms with Gasteiger partial charge in [0.1, 0.15) is 16.8 Å². The molecular formula is C31H47N3O5S. The van der Waals surface area contributed by atoms with E-state index in [0.29, 0.717) is 43.2 Å². The van der Waals surface area contributed by atoms with Gasteiger partial charge >= 0.3 is 5.97 Å². The Hall–Kier alpha value is -2.78. The minimum atomic E-state index is -0.893. The summed E-state index contributed by atoms with van der Waals surface area (Å²) in [6, 6.07) is 9.31. The highest BCUT2D eigenvalue weighted by Gasteiger charge is 2.30. The molecule has 0 radical (unpaired) electrons. The van der Waals surface area contributed by atoms with Crippen LogP contribution in [0, 0.1) is 17.8 Å². The van der Waals surface area contributed by atoms with E-state index in [-0.39, 0.29) is 41.6 Å². The summed E-state index contributed by atoms with van der Waals surface area (Å²) in [4.78, 5) is 44.2. The summed E-state index contributed by atoms with van der Waals surface area (Å²) in [6.45, 7) is 12.4. The molecule has 0 aliphatic rings. The van der Waals surface area contributed by atoms with Gasteiger partial charge in [-0.3, -0.25) is 14.4 Å². The van der Waals surface area contributed by atoms with Crippen molar-refractivity contribution in [1.82, 2.24) is 15.2 Å². The van der Waals surface area contributed by atoms with Gasteiger partial charge in [0, 0.05) is 44.0 Å². The van der Waals surface area contributed by atoms with Crippen molar-refractivity contribution in [3.05, 3.63) is 52.0 Å². The van der Waals surface area contributed by atoms with Crippen LogP contribution in [0.3, 0.4) is 0 Å². The molecule has 0 spiro atoms. The topological polar surface area (TPSA) is 109 Å². The van der Waals surface area contributed by atoms with Gasteiger partial charge < -0.3 is 20.1 Å². The maximum absolute atomic E-state index is 13.2. The lowest BCUT2D eigenvalue weighted by Gasteiger charge is -2.34. The third-order valence-corrected chi connectivity index (χ3v) is 8.39. The molecule has 1 aromatic carbocycles. The van der Waals surface area contributed by atoms with Crippen LogP contribution in [0.4, 0.5) is 0 Å². The van der Waals surface area contributed by atoms with Crippen molar-refractivity contribution in [2.75, 3.05) is 13.7 Å². The number of rotatable bonds is 17. The van der Waals surface area contributed by atoms with Crippen molar-refractivity contribution in [3.63, 3.8) is 0 Å². The van der Waals surface area contributed by atoms with Gasteiger partial charge in [0.2, 0.25) is 5.91 Å². The van der Waals surface area contributed by atoms with E-state index in [4.69, 9.17) is 4.74 Å². The fraction of sp³-hybridized carbons (Fsp3) is 0.613. The van der Waals surface area contributed by atoms with Crippen molar-refractivity contribution < 1.29 is 24.2 Å². The van der Waals surface area contributed by atoms with E-state index >= 15 is 0 Å². The van der Waals surface area contributed by atoms with Gasteiger partial charge in [-0.1, -0.05) is 71.4 Å². The van der Waals surface area contributed by atoms with Gasteiger partial charge in [-0.2, -0.15) is 0 Å². The van der Waals surface area contributed by atoms with E-state index in [1.54, 1.807) is 12.3 Å². The Morgan fingerprint density at radius 1 is 1.07 bits per heavy atom. The molecule has 2 amide bonds. The summed E-state index contributed by atoms with van der Waals surface area (Å²) in [5.74, 6) is -1.16. The quantitative estimate of drug-likeness (QED) is 0.241. The molecule has 2 rings (SSSR count). The Kier molecular flexibility index (Phi) is 13.8. The zero-order chi connectivity index (χ0) is 29.8. The van der Waals surface area contributed by atoms with Gasteiger partial charge in [-0.25, -0.2) is 4.98 Å². The average molecular weight is 574 g/mol. The highest BCUT2D eigenvalue weighted by molar-refractivity contribution is 7.09. The monoisotopic (exact) mass is 573 g/mol. The molecule has 0 aliphatic carbocycles. The smallest absolute Gasteiger partial charge is 0.306 e. The lowest BCUT2D eigenvalue weighted by atomic mass is 9.95. The molecule has 3 unspecified atom stereocenters. The number of carboxylic acids is 1. The molecule has 8 nitrogen and oxygen atoms in total. The first-order valence-electron chi connectivity index (χ1n) is 14.4. The number of amides is 2. The van der Waals surface area contributed by atoms with Gasteiger partial charge in [-0.15, -0.1) is 11.3 Å². The number of carbonyl (C=O) groups excluding carboxylic acids is 2. The maximum Gasteiger partial charge on any atom is 0.306 e. The second-order valence-corrected chi connectivity index (χ2v) is 12.0. The summed E-state index contributed by atoms with van der Waals surface area (Å²) >= 11 is 1.37. The number of nitrogens with one attached hydrogen (secondary N) is 1. The van der Waals surface area contributed by atoms with Crippen molar-refractivity contribution in [2.45, 2.75) is 91.8 Å². The van der Waals surface area contributed by atoms with Gasteiger partial charge in [-0.05, 0) is 37.2 Å². The molecule has 2 N–H and O–H groups in total. The number of hydrogen-bond acceptors (Lipinski definition) is 6. The minimum absolute atomic E-state index is 0.0398. The number of hydrogen-bond donors (Lipinski definition) is 2. The minimum Gasteiger partial charge on any atom is -0.481 e. The van der Waals surface area contributed by atoms with Crippen LogP contribution in [0.5, 0.6) is 0 Å². The summed E-state index contributed by atoms with van der Waals surface area (Å²) in [5.41, 5.74) is 1.31.